The van der Waals surface area contributed by atoms with Gasteiger partial charge in [0, 0.05) is 6.20 Å². The fraction of sp³-hybridized carbons (Fsp3) is 0.125. The zero-order valence-electron chi connectivity index (χ0n) is 7.03. The third-order valence-electron chi connectivity index (χ3n) is 1.79. The van der Waals surface area contributed by atoms with Gasteiger partial charge in [-0.05, 0) is 6.07 Å². The summed E-state index contributed by atoms with van der Waals surface area (Å²) < 4.78 is 0. The number of carbonyl (C=O) groups is 2. The lowest BCUT2D eigenvalue weighted by molar-refractivity contribution is -0.115. The maximum Gasteiger partial charge on any atom is 0.329 e. The molecule has 1 aromatic rings. The summed E-state index contributed by atoms with van der Waals surface area (Å²) in [5.74, 6) is -0.306. The summed E-state index contributed by atoms with van der Waals surface area (Å²) in [4.78, 5) is 27.3. The Morgan fingerprint density at radius 1 is 1.43 bits per heavy atom. The van der Waals surface area contributed by atoms with E-state index in [0.717, 1.165) is 4.90 Å². The molecule has 5 nitrogen and oxygen atoms in total. The van der Waals surface area contributed by atoms with E-state index in [0.29, 0.717) is 10.7 Å². The standard InChI is InChI=1S/C8H6ClN3O2/c9-5-1-6(3-10-2-5)12-7(13)4-11-8(12)14/h1-3H,4H2,(H,11,14). The number of hydrogen-bond acceptors (Lipinski definition) is 3. The van der Waals surface area contributed by atoms with Gasteiger partial charge in [-0.15, -0.1) is 0 Å². The van der Waals surface area contributed by atoms with Crippen molar-refractivity contribution in [1.29, 1.82) is 0 Å². The van der Waals surface area contributed by atoms with Gasteiger partial charge >= 0.3 is 6.03 Å². The van der Waals surface area contributed by atoms with Crippen LogP contribution in [0.1, 0.15) is 0 Å². The van der Waals surface area contributed by atoms with E-state index in [2.05, 4.69) is 10.3 Å². The molecule has 1 aliphatic rings. The number of aromatic nitrogens is 1. The van der Waals surface area contributed by atoms with Crippen molar-refractivity contribution in [1.82, 2.24) is 10.3 Å². The molecule has 0 unspecified atom stereocenters. The lowest BCUT2D eigenvalue weighted by atomic mass is 10.4. The molecule has 3 amide bonds. The van der Waals surface area contributed by atoms with Crippen molar-refractivity contribution in [3.05, 3.63) is 23.5 Å². The first-order valence-corrected chi connectivity index (χ1v) is 4.27. The van der Waals surface area contributed by atoms with Gasteiger partial charge in [-0.2, -0.15) is 0 Å². The Bertz CT molecular complexity index is 391. The van der Waals surface area contributed by atoms with E-state index in [4.69, 9.17) is 11.6 Å². The summed E-state index contributed by atoms with van der Waals surface area (Å²) in [6.45, 7) is 0.0192. The highest BCUT2D eigenvalue weighted by atomic mass is 35.5. The highest BCUT2D eigenvalue weighted by molar-refractivity contribution is 6.31. The fourth-order valence-corrected chi connectivity index (χ4v) is 1.37. The number of rotatable bonds is 1. The maximum absolute atomic E-state index is 11.3. The second kappa shape index (κ2) is 3.26. The predicted octanol–water partition coefficient (Wildman–Crippen LogP) is 0.791. The van der Waals surface area contributed by atoms with Gasteiger partial charge in [0.05, 0.1) is 23.5 Å². The summed E-state index contributed by atoms with van der Waals surface area (Å²) in [7, 11) is 0. The molecule has 1 aromatic heterocycles. The molecule has 0 saturated carbocycles. The van der Waals surface area contributed by atoms with Crippen LogP contribution in [0.4, 0.5) is 10.5 Å². The fourth-order valence-electron chi connectivity index (χ4n) is 1.21. The first-order chi connectivity index (χ1) is 6.68. The van der Waals surface area contributed by atoms with Crippen molar-refractivity contribution in [3.8, 4) is 0 Å². The smallest absolute Gasteiger partial charge is 0.328 e. The zero-order valence-corrected chi connectivity index (χ0v) is 7.78. The van der Waals surface area contributed by atoms with E-state index < -0.39 is 6.03 Å². The monoisotopic (exact) mass is 211 g/mol. The Labute approximate surface area is 84.7 Å². The molecule has 0 radical (unpaired) electrons. The molecular weight excluding hydrogens is 206 g/mol. The van der Waals surface area contributed by atoms with Gasteiger partial charge in [-0.25, -0.2) is 9.69 Å². The SMILES string of the molecule is O=C1CNC(=O)N1c1cncc(Cl)c1. The zero-order chi connectivity index (χ0) is 10.1. The largest absolute Gasteiger partial charge is 0.329 e. The number of hydrogen-bond donors (Lipinski definition) is 1. The Kier molecular flexibility index (Phi) is 2.09. The van der Waals surface area contributed by atoms with Gasteiger partial charge in [-0.1, -0.05) is 11.6 Å². The van der Waals surface area contributed by atoms with Crippen LogP contribution >= 0.6 is 11.6 Å². The molecule has 1 saturated heterocycles. The molecule has 1 aliphatic heterocycles. The molecule has 0 bridgehead atoms. The van der Waals surface area contributed by atoms with E-state index in [-0.39, 0.29) is 12.5 Å². The first-order valence-electron chi connectivity index (χ1n) is 3.90. The van der Waals surface area contributed by atoms with Crippen LogP contribution in [0.2, 0.25) is 5.02 Å². The molecule has 2 heterocycles. The normalized spacial score (nSPS) is 15.9. The van der Waals surface area contributed by atoms with Crippen LogP contribution in [0.5, 0.6) is 0 Å². The minimum atomic E-state index is -0.445. The van der Waals surface area contributed by atoms with Crippen molar-refractivity contribution in [2.75, 3.05) is 11.4 Å². The minimum absolute atomic E-state index is 0.0192. The molecule has 1 fully saturated rings. The molecule has 72 valence electrons. The van der Waals surface area contributed by atoms with Gasteiger partial charge in [0.2, 0.25) is 0 Å². The number of carbonyl (C=O) groups excluding carboxylic acids is 2. The summed E-state index contributed by atoms with van der Waals surface area (Å²) in [6.07, 6.45) is 2.85. The van der Waals surface area contributed by atoms with Crippen LogP contribution in [0.25, 0.3) is 0 Å². The highest BCUT2D eigenvalue weighted by Gasteiger charge is 2.30. The Morgan fingerprint density at radius 2 is 2.21 bits per heavy atom. The number of pyridine rings is 1. The number of amides is 3. The number of nitrogens with zero attached hydrogens (tertiary/aromatic N) is 2. The van der Waals surface area contributed by atoms with E-state index in [1.54, 1.807) is 0 Å². The van der Waals surface area contributed by atoms with Gasteiger partial charge in [-0.3, -0.25) is 9.78 Å². The quantitative estimate of drug-likeness (QED) is 0.699. The van der Waals surface area contributed by atoms with E-state index in [1.807, 2.05) is 0 Å². The van der Waals surface area contributed by atoms with E-state index in [1.165, 1.54) is 18.5 Å². The van der Waals surface area contributed by atoms with Crippen LogP contribution in [0.15, 0.2) is 18.5 Å². The molecular formula is C8H6ClN3O2. The molecule has 6 heteroatoms. The summed E-state index contributed by atoms with van der Waals surface area (Å²) >= 11 is 5.69. The van der Waals surface area contributed by atoms with Crippen molar-refractivity contribution < 1.29 is 9.59 Å². The second-order valence-corrected chi connectivity index (χ2v) is 3.19. The average Bonchev–Trinajstić information content (AvgIpc) is 2.46. The van der Waals surface area contributed by atoms with Crippen LogP contribution in [-0.2, 0) is 4.79 Å². The average molecular weight is 212 g/mol. The molecule has 0 aromatic carbocycles. The molecule has 0 atom stereocenters. The molecule has 14 heavy (non-hydrogen) atoms. The Balaban J connectivity index is 2.39. The van der Waals surface area contributed by atoms with Gasteiger partial charge in [0.15, 0.2) is 0 Å². The topological polar surface area (TPSA) is 62.3 Å². The third-order valence-corrected chi connectivity index (χ3v) is 2.00. The molecule has 2 rings (SSSR count). The number of urea groups is 1. The van der Waals surface area contributed by atoms with E-state index in [9.17, 15) is 9.59 Å². The number of imide groups is 1. The molecule has 1 N–H and O–H groups in total. The number of anilines is 1. The van der Waals surface area contributed by atoms with Crippen LogP contribution in [0, 0.1) is 0 Å². The van der Waals surface area contributed by atoms with Gasteiger partial charge < -0.3 is 5.32 Å². The molecule has 0 spiro atoms. The summed E-state index contributed by atoms with van der Waals surface area (Å²) in [5.41, 5.74) is 0.387. The van der Waals surface area contributed by atoms with E-state index >= 15 is 0 Å². The van der Waals surface area contributed by atoms with Gasteiger partial charge in [0.25, 0.3) is 5.91 Å². The third kappa shape index (κ3) is 1.42. The van der Waals surface area contributed by atoms with Crippen molar-refractivity contribution in [2.24, 2.45) is 0 Å². The highest BCUT2D eigenvalue weighted by Crippen LogP contribution is 2.19. The second-order valence-electron chi connectivity index (χ2n) is 2.75. The van der Waals surface area contributed by atoms with Crippen molar-refractivity contribution in [3.63, 3.8) is 0 Å². The van der Waals surface area contributed by atoms with Crippen LogP contribution in [-0.4, -0.2) is 23.5 Å². The lowest BCUT2D eigenvalue weighted by Crippen LogP contribution is -2.30. The van der Waals surface area contributed by atoms with Crippen molar-refractivity contribution >= 4 is 29.2 Å². The van der Waals surface area contributed by atoms with Crippen LogP contribution in [0.3, 0.4) is 0 Å². The first kappa shape index (κ1) is 8.96. The maximum atomic E-state index is 11.3. The number of halogens is 1. The van der Waals surface area contributed by atoms with Crippen LogP contribution < -0.4 is 10.2 Å². The Morgan fingerprint density at radius 3 is 2.79 bits per heavy atom. The summed E-state index contributed by atoms with van der Waals surface area (Å²) in [5, 5.41) is 2.79. The number of nitrogens with one attached hydrogen (secondary N) is 1. The summed E-state index contributed by atoms with van der Waals surface area (Å²) in [6, 6.07) is 1.07. The van der Waals surface area contributed by atoms with Gasteiger partial charge in [0.1, 0.15) is 0 Å². The Hall–Kier alpha value is -1.62. The lowest BCUT2D eigenvalue weighted by Gasteiger charge is -2.11. The minimum Gasteiger partial charge on any atom is -0.328 e. The van der Waals surface area contributed by atoms with Crippen molar-refractivity contribution in [2.45, 2.75) is 0 Å². The molecule has 0 aliphatic carbocycles. The predicted molar refractivity (Wildman–Crippen MR) is 50.1 cm³/mol.